The van der Waals surface area contributed by atoms with Crippen molar-refractivity contribution < 1.29 is 19.5 Å². The van der Waals surface area contributed by atoms with E-state index in [1.54, 1.807) is 0 Å². The van der Waals surface area contributed by atoms with Gasteiger partial charge in [-0.05, 0) is 6.08 Å². The van der Waals surface area contributed by atoms with E-state index < -0.39 is 23.4 Å². The van der Waals surface area contributed by atoms with E-state index in [0.29, 0.717) is 4.90 Å². The van der Waals surface area contributed by atoms with Crippen molar-refractivity contribution >= 4 is 17.7 Å². The second kappa shape index (κ2) is 3.22. The Morgan fingerprint density at radius 3 is 2.71 bits per heavy atom. The van der Waals surface area contributed by atoms with Crippen molar-refractivity contribution in [1.29, 1.82) is 0 Å². The summed E-state index contributed by atoms with van der Waals surface area (Å²) in [6.07, 6.45) is 0.877. The smallest absolute Gasteiger partial charge is 0.287 e. The van der Waals surface area contributed by atoms with E-state index in [-0.39, 0.29) is 6.54 Å². The first-order valence-corrected chi connectivity index (χ1v) is 3.90. The number of nitrogens with zero attached hydrogens (tertiary/aromatic N) is 1. The molecule has 76 valence electrons. The van der Waals surface area contributed by atoms with Gasteiger partial charge in [0, 0.05) is 6.92 Å². The highest BCUT2D eigenvalue weighted by Crippen LogP contribution is 2.12. The predicted octanol–water partition coefficient (Wildman–Crippen LogP) is -1.63. The minimum absolute atomic E-state index is 0.371. The zero-order valence-electron chi connectivity index (χ0n) is 7.61. The number of amides is 3. The van der Waals surface area contributed by atoms with Gasteiger partial charge in [0.15, 0.2) is 0 Å². The van der Waals surface area contributed by atoms with E-state index in [1.807, 2.05) is 5.32 Å². The molecular formula is C8H10N2O4. The second-order valence-corrected chi connectivity index (χ2v) is 2.93. The lowest BCUT2D eigenvalue weighted by atomic mass is 10.1. The van der Waals surface area contributed by atoms with Crippen molar-refractivity contribution in [2.75, 3.05) is 6.54 Å². The van der Waals surface area contributed by atoms with Gasteiger partial charge in [-0.25, -0.2) is 0 Å². The fraction of sp³-hybridized carbons (Fsp3) is 0.375. The SMILES string of the molecule is C=CC1(O)NC(=O)CN(C(C)=O)C1=O. The third-order valence-corrected chi connectivity index (χ3v) is 1.88. The quantitative estimate of drug-likeness (QED) is 0.495. The molecule has 1 saturated heterocycles. The van der Waals surface area contributed by atoms with Crippen LogP contribution in [-0.2, 0) is 14.4 Å². The van der Waals surface area contributed by atoms with Crippen LogP contribution >= 0.6 is 0 Å². The van der Waals surface area contributed by atoms with Gasteiger partial charge < -0.3 is 10.4 Å². The molecule has 0 aromatic rings. The zero-order valence-corrected chi connectivity index (χ0v) is 7.61. The van der Waals surface area contributed by atoms with Crippen LogP contribution < -0.4 is 5.32 Å². The molecule has 0 radical (unpaired) electrons. The van der Waals surface area contributed by atoms with Crippen molar-refractivity contribution in [2.24, 2.45) is 0 Å². The Bertz CT molecular complexity index is 325. The van der Waals surface area contributed by atoms with Gasteiger partial charge in [-0.15, -0.1) is 0 Å². The van der Waals surface area contributed by atoms with Gasteiger partial charge in [-0.2, -0.15) is 0 Å². The van der Waals surface area contributed by atoms with E-state index in [4.69, 9.17) is 0 Å². The van der Waals surface area contributed by atoms with Crippen LogP contribution in [0.25, 0.3) is 0 Å². The van der Waals surface area contributed by atoms with Crippen molar-refractivity contribution in [1.82, 2.24) is 10.2 Å². The molecule has 14 heavy (non-hydrogen) atoms. The maximum Gasteiger partial charge on any atom is 0.287 e. The molecule has 1 unspecified atom stereocenters. The van der Waals surface area contributed by atoms with Crippen LogP contribution in [0.4, 0.5) is 0 Å². The van der Waals surface area contributed by atoms with Gasteiger partial charge in [0.1, 0.15) is 6.54 Å². The maximum absolute atomic E-state index is 11.4. The minimum Gasteiger partial charge on any atom is -0.360 e. The van der Waals surface area contributed by atoms with Crippen molar-refractivity contribution in [3.05, 3.63) is 12.7 Å². The summed E-state index contributed by atoms with van der Waals surface area (Å²) in [6.45, 7) is 3.98. The highest BCUT2D eigenvalue weighted by Gasteiger charge is 2.44. The van der Waals surface area contributed by atoms with Crippen molar-refractivity contribution in [3.63, 3.8) is 0 Å². The first kappa shape index (κ1) is 10.4. The Morgan fingerprint density at radius 2 is 2.29 bits per heavy atom. The molecule has 2 N–H and O–H groups in total. The lowest BCUT2D eigenvalue weighted by Crippen LogP contribution is -2.66. The number of nitrogens with one attached hydrogen (secondary N) is 1. The third-order valence-electron chi connectivity index (χ3n) is 1.88. The standard InChI is InChI=1S/C8H10N2O4/c1-3-8(14)7(13)10(5(2)11)4-6(12)9-8/h3,14H,1,4H2,2H3,(H,9,12). The van der Waals surface area contributed by atoms with E-state index in [2.05, 4.69) is 6.58 Å². The average molecular weight is 198 g/mol. The van der Waals surface area contributed by atoms with Crippen LogP contribution in [0.5, 0.6) is 0 Å². The summed E-state index contributed by atoms with van der Waals surface area (Å²) in [5, 5.41) is 11.6. The third kappa shape index (κ3) is 1.51. The van der Waals surface area contributed by atoms with Crippen LogP contribution in [0.2, 0.25) is 0 Å². The highest BCUT2D eigenvalue weighted by molar-refractivity contribution is 6.06. The molecule has 3 amide bonds. The lowest BCUT2D eigenvalue weighted by Gasteiger charge is -2.34. The molecule has 0 aromatic heterocycles. The lowest BCUT2D eigenvalue weighted by molar-refractivity contribution is -0.166. The molecule has 1 aliphatic rings. The molecule has 0 spiro atoms. The summed E-state index contributed by atoms with van der Waals surface area (Å²) in [5.74, 6) is -2.09. The zero-order chi connectivity index (χ0) is 10.9. The topological polar surface area (TPSA) is 86.7 Å². The molecule has 1 fully saturated rings. The summed E-state index contributed by atoms with van der Waals surface area (Å²) in [6, 6.07) is 0. The van der Waals surface area contributed by atoms with Gasteiger partial charge >= 0.3 is 0 Å². The Morgan fingerprint density at radius 1 is 1.71 bits per heavy atom. The number of hydrogen-bond acceptors (Lipinski definition) is 4. The van der Waals surface area contributed by atoms with E-state index in [0.717, 1.165) is 13.0 Å². The first-order valence-electron chi connectivity index (χ1n) is 3.90. The van der Waals surface area contributed by atoms with Crippen molar-refractivity contribution in [3.8, 4) is 0 Å². The number of carbonyl (C=O) groups is 3. The molecule has 6 nitrogen and oxygen atoms in total. The molecule has 6 heteroatoms. The monoisotopic (exact) mass is 198 g/mol. The Kier molecular flexibility index (Phi) is 2.39. The Hall–Kier alpha value is -1.69. The number of imide groups is 1. The van der Waals surface area contributed by atoms with Gasteiger partial charge in [0.25, 0.3) is 5.91 Å². The van der Waals surface area contributed by atoms with Gasteiger partial charge in [-0.3, -0.25) is 19.3 Å². The Labute approximate surface area is 80.2 Å². The van der Waals surface area contributed by atoms with Crippen LogP contribution in [0, 0.1) is 0 Å². The fourth-order valence-electron chi connectivity index (χ4n) is 1.12. The molecule has 1 rings (SSSR count). The molecule has 0 aliphatic carbocycles. The minimum atomic E-state index is -2.17. The number of aliphatic hydroxyl groups is 1. The van der Waals surface area contributed by atoms with Crippen molar-refractivity contribution in [2.45, 2.75) is 12.6 Å². The average Bonchev–Trinajstić information content (AvgIpc) is 2.11. The summed E-state index contributed by atoms with van der Waals surface area (Å²) in [4.78, 5) is 34.1. The van der Waals surface area contributed by atoms with Gasteiger partial charge in [0.05, 0.1) is 0 Å². The van der Waals surface area contributed by atoms with Crippen LogP contribution in [0.1, 0.15) is 6.92 Å². The van der Waals surface area contributed by atoms with Gasteiger partial charge in [0.2, 0.25) is 17.5 Å². The van der Waals surface area contributed by atoms with E-state index >= 15 is 0 Å². The summed E-state index contributed by atoms with van der Waals surface area (Å²) in [7, 11) is 0. The van der Waals surface area contributed by atoms with Crippen LogP contribution in [-0.4, -0.2) is 40.0 Å². The number of rotatable bonds is 1. The number of carbonyl (C=O) groups excluding carboxylic acids is 3. The number of hydrogen-bond donors (Lipinski definition) is 2. The molecular weight excluding hydrogens is 188 g/mol. The molecule has 0 saturated carbocycles. The van der Waals surface area contributed by atoms with Crippen LogP contribution in [0.3, 0.4) is 0 Å². The summed E-state index contributed by atoms with van der Waals surface area (Å²) < 4.78 is 0. The Balaban J connectivity index is 3.04. The van der Waals surface area contributed by atoms with Gasteiger partial charge in [-0.1, -0.05) is 6.58 Å². The first-order chi connectivity index (χ1) is 6.40. The summed E-state index contributed by atoms with van der Waals surface area (Å²) >= 11 is 0. The number of piperazine rings is 1. The highest BCUT2D eigenvalue weighted by atomic mass is 16.3. The van der Waals surface area contributed by atoms with E-state index in [1.165, 1.54) is 0 Å². The van der Waals surface area contributed by atoms with E-state index in [9.17, 15) is 19.5 Å². The second-order valence-electron chi connectivity index (χ2n) is 2.93. The summed E-state index contributed by atoms with van der Waals surface area (Å²) in [5.41, 5.74) is -2.17. The largest absolute Gasteiger partial charge is 0.360 e. The predicted molar refractivity (Wildman–Crippen MR) is 45.7 cm³/mol. The molecule has 1 atom stereocenters. The molecule has 0 aromatic carbocycles. The molecule has 0 bridgehead atoms. The maximum atomic E-state index is 11.4. The van der Waals surface area contributed by atoms with Crippen LogP contribution in [0.15, 0.2) is 12.7 Å². The normalized spacial score (nSPS) is 27.1. The fourth-order valence-corrected chi connectivity index (χ4v) is 1.12. The molecule has 1 aliphatic heterocycles. The molecule has 1 heterocycles.